The molecule has 1 aliphatic rings. The molecule has 0 aromatic heterocycles. The lowest BCUT2D eigenvalue weighted by atomic mass is 10.1. The molecule has 82 valence electrons. The van der Waals surface area contributed by atoms with Crippen LogP contribution in [0.3, 0.4) is 0 Å². The largest absolute Gasteiger partial charge is 0.377 e. The minimum Gasteiger partial charge on any atom is -0.377 e. The number of carbonyl (C=O) groups excluding carboxylic acids is 1. The molecule has 0 aromatic carbocycles. The Morgan fingerprint density at radius 2 is 2.07 bits per heavy atom. The number of nitrogens with one attached hydrogen (secondary N) is 1. The quantitative estimate of drug-likeness (QED) is 0.659. The molecule has 1 saturated carbocycles. The molecule has 0 spiro atoms. The molecule has 14 heavy (non-hydrogen) atoms. The highest BCUT2D eigenvalue weighted by Crippen LogP contribution is 2.36. The molecule has 1 rings (SSSR count). The summed E-state index contributed by atoms with van der Waals surface area (Å²) >= 11 is 0. The van der Waals surface area contributed by atoms with Crippen LogP contribution in [0.1, 0.15) is 33.6 Å². The lowest BCUT2D eigenvalue weighted by molar-refractivity contribution is -0.125. The van der Waals surface area contributed by atoms with Gasteiger partial charge in [0.15, 0.2) is 0 Å². The highest BCUT2D eigenvalue weighted by atomic mass is 16.5. The van der Waals surface area contributed by atoms with Gasteiger partial charge >= 0.3 is 0 Å². The maximum absolute atomic E-state index is 11.5. The van der Waals surface area contributed by atoms with E-state index in [1.807, 2.05) is 20.8 Å². The van der Waals surface area contributed by atoms with Crippen molar-refractivity contribution in [1.82, 2.24) is 5.32 Å². The highest BCUT2D eigenvalue weighted by molar-refractivity contribution is 5.78. The minimum absolute atomic E-state index is 0.180. The summed E-state index contributed by atoms with van der Waals surface area (Å²) in [6.45, 7) is 7.24. The number of amides is 1. The zero-order chi connectivity index (χ0) is 10.6. The summed E-state index contributed by atoms with van der Waals surface area (Å²) in [5.74, 6) is 1.01. The second-order valence-corrected chi connectivity index (χ2v) is 4.34. The molecule has 1 atom stereocenters. The third-order valence-electron chi connectivity index (χ3n) is 2.60. The summed E-state index contributed by atoms with van der Waals surface area (Å²) in [7, 11) is 0. The lowest BCUT2D eigenvalue weighted by Gasteiger charge is -2.12. The van der Waals surface area contributed by atoms with Crippen molar-refractivity contribution < 1.29 is 9.53 Å². The van der Waals surface area contributed by atoms with Crippen molar-refractivity contribution in [3.05, 3.63) is 0 Å². The second-order valence-electron chi connectivity index (χ2n) is 4.34. The predicted molar refractivity (Wildman–Crippen MR) is 56.0 cm³/mol. The van der Waals surface area contributed by atoms with Gasteiger partial charge in [-0.05, 0) is 32.6 Å². The molecule has 0 aromatic rings. The van der Waals surface area contributed by atoms with Crippen LogP contribution in [-0.2, 0) is 9.53 Å². The summed E-state index contributed by atoms with van der Waals surface area (Å²) in [5.41, 5.74) is 0. The van der Waals surface area contributed by atoms with Crippen LogP contribution in [0.25, 0.3) is 0 Å². The lowest BCUT2D eigenvalue weighted by Crippen LogP contribution is -2.33. The van der Waals surface area contributed by atoms with E-state index >= 15 is 0 Å². The molecule has 1 unspecified atom stereocenters. The maximum atomic E-state index is 11.5. The van der Waals surface area contributed by atoms with E-state index in [4.69, 9.17) is 4.74 Å². The smallest absolute Gasteiger partial charge is 0.223 e. The Bertz CT molecular complexity index is 188. The van der Waals surface area contributed by atoms with Gasteiger partial charge in [0, 0.05) is 12.5 Å². The minimum atomic E-state index is 0.180. The van der Waals surface area contributed by atoms with Gasteiger partial charge in [0.1, 0.15) is 0 Å². The van der Waals surface area contributed by atoms with E-state index < -0.39 is 0 Å². The Hall–Kier alpha value is -0.570. The SMILES string of the molecule is CC(C)OCCNC(=O)C(C)C1CC1. The normalized spacial score (nSPS) is 18.3. The van der Waals surface area contributed by atoms with Crippen molar-refractivity contribution in [2.45, 2.75) is 39.7 Å². The van der Waals surface area contributed by atoms with Crippen LogP contribution in [0.15, 0.2) is 0 Å². The molecule has 0 bridgehead atoms. The molecular weight excluding hydrogens is 178 g/mol. The van der Waals surface area contributed by atoms with E-state index in [1.54, 1.807) is 0 Å². The van der Waals surface area contributed by atoms with E-state index in [9.17, 15) is 4.79 Å². The van der Waals surface area contributed by atoms with Crippen LogP contribution >= 0.6 is 0 Å². The van der Waals surface area contributed by atoms with Gasteiger partial charge in [0.25, 0.3) is 0 Å². The highest BCUT2D eigenvalue weighted by Gasteiger charge is 2.32. The number of carbonyl (C=O) groups is 1. The summed E-state index contributed by atoms with van der Waals surface area (Å²) in [6, 6.07) is 0. The van der Waals surface area contributed by atoms with Crippen molar-refractivity contribution in [2.24, 2.45) is 11.8 Å². The fraction of sp³-hybridized carbons (Fsp3) is 0.909. The van der Waals surface area contributed by atoms with Crippen molar-refractivity contribution in [1.29, 1.82) is 0 Å². The van der Waals surface area contributed by atoms with Gasteiger partial charge in [-0.25, -0.2) is 0 Å². The fourth-order valence-electron chi connectivity index (χ4n) is 1.44. The fourth-order valence-corrected chi connectivity index (χ4v) is 1.44. The third-order valence-corrected chi connectivity index (χ3v) is 2.60. The van der Waals surface area contributed by atoms with Gasteiger partial charge in [0.2, 0.25) is 5.91 Å². The average Bonchev–Trinajstić information content (AvgIpc) is 2.93. The summed E-state index contributed by atoms with van der Waals surface area (Å²) in [5, 5.41) is 2.90. The zero-order valence-electron chi connectivity index (χ0n) is 9.38. The van der Waals surface area contributed by atoms with Crippen molar-refractivity contribution in [3.63, 3.8) is 0 Å². The molecule has 1 aliphatic carbocycles. The van der Waals surface area contributed by atoms with E-state index in [2.05, 4.69) is 5.32 Å². The predicted octanol–water partition coefficient (Wildman–Crippen LogP) is 1.57. The van der Waals surface area contributed by atoms with E-state index in [0.29, 0.717) is 19.1 Å². The van der Waals surface area contributed by atoms with Crippen molar-refractivity contribution >= 4 is 5.91 Å². The Morgan fingerprint density at radius 1 is 1.43 bits per heavy atom. The maximum Gasteiger partial charge on any atom is 0.223 e. The summed E-state index contributed by atoms with van der Waals surface area (Å²) in [6.07, 6.45) is 2.68. The summed E-state index contributed by atoms with van der Waals surface area (Å²) < 4.78 is 5.33. The van der Waals surface area contributed by atoms with Crippen LogP contribution in [0.2, 0.25) is 0 Å². The van der Waals surface area contributed by atoms with Gasteiger partial charge < -0.3 is 10.1 Å². The van der Waals surface area contributed by atoms with Crippen LogP contribution in [0, 0.1) is 11.8 Å². The van der Waals surface area contributed by atoms with Gasteiger partial charge in [-0.2, -0.15) is 0 Å². The molecule has 3 nitrogen and oxygen atoms in total. The first-order chi connectivity index (χ1) is 6.61. The number of hydrogen-bond donors (Lipinski definition) is 1. The number of rotatable bonds is 6. The first-order valence-electron chi connectivity index (χ1n) is 5.50. The number of ether oxygens (including phenoxy) is 1. The van der Waals surface area contributed by atoms with Crippen LogP contribution < -0.4 is 5.32 Å². The molecule has 0 aliphatic heterocycles. The monoisotopic (exact) mass is 199 g/mol. The molecule has 0 heterocycles. The Labute approximate surface area is 86.2 Å². The van der Waals surface area contributed by atoms with E-state index in [0.717, 1.165) is 0 Å². The Kier molecular flexibility index (Phi) is 4.39. The van der Waals surface area contributed by atoms with Gasteiger partial charge in [-0.3, -0.25) is 4.79 Å². The zero-order valence-corrected chi connectivity index (χ0v) is 9.38. The molecule has 1 amide bonds. The third kappa shape index (κ3) is 4.09. The molecule has 0 radical (unpaired) electrons. The Balaban J connectivity index is 2.02. The molecule has 1 fully saturated rings. The molecule has 3 heteroatoms. The van der Waals surface area contributed by atoms with Crippen molar-refractivity contribution in [2.75, 3.05) is 13.2 Å². The van der Waals surface area contributed by atoms with Crippen molar-refractivity contribution in [3.8, 4) is 0 Å². The number of hydrogen-bond acceptors (Lipinski definition) is 2. The molecule has 1 N–H and O–H groups in total. The standard InChI is InChI=1S/C11H21NO2/c1-8(2)14-7-6-12-11(13)9(3)10-4-5-10/h8-10H,4-7H2,1-3H3,(H,12,13). The van der Waals surface area contributed by atoms with E-state index in [-0.39, 0.29) is 17.9 Å². The van der Waals surface area contributed by atoms with Crippen LogP contribution in [0.4, 0.5) is 0 Å². The average molecular weight is 199 g/mol. The molecular formula is C11H21NO2. The van der Waals surface area contributed by atoms with Gasteiger partial charge in [-0.15, -0.1) is 0 Å². The summed E-state index contributed by atoms with van der Waals surface area (Å²) in [4.78, 5) is 11.5. The Morgan fingerprint density at radius 3 is 2.57 bits per heavy atom. The van der Waals surface area contributed by atoms with E-state index in [1.165, 1.54) is 12.8 Å². The van der Waals surface area contributed by atoms with Gasteiger partial charge in [0.05, 0.1) is 12.7 Å². The topological polar surface area (TPSA) is 38.3 Å². The second kappa shape index (κ2) is 5.35. The first-order valence-corrected chi connectivity index (χ1v) is 5.50. The van der Waals surface area contributed by atoms with Crippen LogP contribution in [-0.4, -0.2) is 25.2 Å². The molecule has 0 saturated heterocycles. The van der Waals surface area contributed by atoms with Crippen LogP contribution in [0.5, 0.6) is 0 Å². The van der Waals surface area contributed by atoms with Gasteiger partial charge in [-0.1, -0.05) is 6.92 Å². The first kappa shape index (κ1) is 11.5.